The van der Waals surface area contributed by atoms with Crippen molar-refractivity contribution in [2.75, 3.05) is 0 Å². The van der Waals surface area contributed by atoms with Gasteiger partial charge in [-0.1, -0.05) is 54.6 Å². The minimum Gasteiger partial charge on any atom is -0.386 e. The summed E-state index contributed by atoms with van der Waals surface area (Å²) in [5.74, 6) is 0. The molecular weight excluding hydrogens is 255 g/mol. The third-order valence-electron chi connectivity index (χ3n) is 2.60. The van der Waals surface area contributed by atoms with Gasteiger partial charge in [0, 0.05) is 0 Å². The first-order valence-electron chi connectivity index (χ1n) is 5.30. The Kier molecular flexibility index (Phi) is 4.06. The fourth-order valence-corrected chi connectivity index (χ4v) is 2.04. The Morgan fingerprint density at radius 2 is 1.41 bits per heavy atom. The molecule has 0 aliphatic rings. The molecule has 0 amide bonds. The van der Waals surface area contributed by atoms with Crippen molar-refractivity contribution in [1.29, 1.82) is 0 Å². The first-order chi connectivity index (χ1) is 8.20. The molecule has 88 valence electrons. The molecular formula is C14H12Cl2O. The second kappa shape index (κ2) is 5.54. The number of aliphatic hydroxyl groups excluding tert-OH is 1. The third kappa shape index (κ3) is 2.81. The van der Waals surface area contributed by atoms with Gasteiger partial charge in [0.1, 0.15) is 10.9 Å². The molecule has 2 aromatic rings. The molecule has 3 heteroatoms. The molecule has 0 heterocycles. The van der Waals surface area contributed by atoms with Crippen LogP contribution in [0.2, 0.25) is 0 Å². The van der Waals surface area contributed by atoms with E-state index in [2.05, 4.69) is 0 Å². The molecule has 0 aliphatic carbocycles. The Balaban J connectivity index is 2.48. The predicted molar refractivity (Wildman–Crippen MR) is 72.3 cm³/mol. The summed E-state index contributed by atoms with van der Waals surface area (Å²) in [6, 6.07) is 17.4. The highest BCUT2D eigenvalue weighted by Crippen LogP contribution is 2.32. The normalized spacial score (nSPS) is 12.7. The number of aliphatic hydroxyl groups is 1. The van der Waals surface area contributed by atoms with Gasteiger partial charge >= 0.3 is 0 Å². The zero-order valence-corrected chi connectivity index (χ0v) is 10.6. The molecule has 0 aromatic heterocycles. The van der Waals surface area contributed by atoms with Crippen LogP contribution in [0, 0.1) is 0 Å². The maximum atomic E-state index is 9.98. The summed E-state index contributed by atoms with van der Waals surface area (Å²) in [6.45, 7) is 0. The van der Waals surface area contributed by atoms with E-state index < -0.39 is 10.9 Å². The zero-order valence-electron chi connectivity index (χ0n) is 9.05. The lowest BCUT2D eigenvalue weighted by Crippen LogP contribution is -2.07. The monoisotopic (exact) mass is 266 g/mol. The molecule has 1 unspecified atom stereocenters. The van der Waals surface area contributed by atoms with E-state index in [-0.39, 0.29) is 0 Å². The van der Waals surface area contributed by atoms with E-state index in [1.807, 2.05) is 54.6 Å². The lowest BCUT2D eigenvalue weighted by Gasteiger charge is -2.16. The molecule has 0 spiro atoms. The molecule has 0 saturated heterocycles. The summed E-state index contributed by atoms with van der Waals surface area (Å²) in [4.78, 5) is -0.833. The van der Waals surface area contributed by atoms with Crippen LogP contribution in [0.1, 0.15) is 11.7 Å². The van der Waals surface area contributed by atoms with Crippen molar-refractivity contribution in [2.45, 2.75) is 10.9 Å². The number of halogens is 2. The number of benzene rings is 2. The Hall–Kier alpha value is -1.02. The van der Waals surface area contributed by atoms with Gasteiger partial charge in [-0.3, -0.25) is 0 Å². The van der Waals surface area contributed by atoms with Crippen LogP contribution in [0.15, 0.2) is 54.6 Å². The summed E-state index contributed by atoms with van der Waals surface area (Å²) in [5, 5.41) is 9.98. The van der Waals surface area contributed by atoms with Crippen molar-refractivity contribution in [3.8, 4) is 11.1 Å². The lowest BCUT2D eigenvalue weighted by atomic mass is 9.97. The topological polar surface area (TPSA) is 20.2 Å². The molecule has 1 N–H and O–H groups in total. The number of rotatable bonds is 3. The molecule has 0 fully saturated rings. The van der Waals surface area contributed by atoms with Crippen molar-refractivity contribution in [3.05, 3.63) is 60.2 Å². The quantitative estimate of drug-likeness (QED) is 0.826. The summed E-state index contributed by atoms with van der Waals surface area (Å²) >= 11 is 11.5. The molecule has 0 saturated carbocycles. The van der Waals surface area contributed by atoms with E-state index in [0.29, 0.717) is 0 Å². The molecule has 1 atom stereocenters. The molecule has 0 bridgehead atoms. The van der Waals surface area contributed by atoms with Gasteiger partial charge in [0.25, 0.3) is 0 Å². The van der Waals surface area contributed by atoms with Crippen LogP contribution in [0.3, 0.4) is 0 Å². The molecule has 0 aliphatic heterocycles. The van der Waals surface area contributed by atoms with Gasteiger partial charge in [-0.05, 0) is 16.7 Å². The van der Waals surface area contributed by atoms with Crippen molar-refractivity contribution < 1.29 is 5.11 Å². The first-order valence-corrected chi connectivity index (χ1v) is 6.18. The van der Waals surface area contributed by atoms with E-state index in [0.717, 1.165) is 16.7 Å². The Morgan fingerprint density at radius 3 is 2.06 bits per heavy atom. The van der Waals surface area contributed by atoms with Crippen LogP contribution >= 0.6 is 23.2 Å². The Morgan fingerprint density at radius 1 is 0.824 bits per heavy atom. The van der Waals surface area contributed by atoms with Crippen LogP contribution in [-0.2, 0) is 0 Å². The Labute approximate surface area is 111 Å². The fourth-order valence-electron chi connectivity index (χ4n) is 1.77. The van der Waals surface area contributed by atoms with Crippen molar-refractivity contribution in [3.63, 3.8) is 0 Å². The lowest BCUT2D eigenvalue weighted by molar-refractivity contribution is 0.193. The molecule has 2 aromatic carbocycles. The van der Waals surface area contributed by atoms with Gasteiger partial charge in [-0.2, -0.15) is 0 Å². The average molecular weight is 267 g/mol. The van der Waals surface area contributed by atoms with Gasteiger partial charge in [-0.15, -0.1) is 23.2 Å². The van der Waals surface area contributed by atoms with Gasteiger partial charge in [0.15, 0.2) is 0 Å². The van der Waals surface area contributed by atoms with Crippen LogP contribution in [0.4, 0.5) is 0 Å². The molecule has 0 radical (unpaired) electrons. The summed E-state index contributed by atoms with van der Waals surface area (Å²) in [6.07, 6.45) is -0.880. The van der Waals surface area contributed by atoms with Crippen molar-refractivity contribution >= 4 is 23.2 Å². The standard InChI is InChI=1S/C14H12Cl2O/c15-14(16)13(17)12-9-5-4-8-11(12)10-6-2-1-3-7-10/h1-9,13-14,17H. The first kappa shape index (κ1) is 12.4. The van der Waals surface area contributed by atoms with Gasteiger partial charge < -0.3 is 5.11 Å². The number of hydrogen-bond acceptors (Lipinski definition) is 1. The predicted octanol–water partition coefficient (Wildman–Crippen LogP) is 4.19. The van der Waals surface area contributed by atoms with Crippen molar-refractivity contribution in [1.82, 2.24) is 0 Å². The van der Waals surface area contributed by atoms with Gasteiger partial charge in [0.05, 0.1) is 0 Å². The number of hydrogen-bond donors (Lipinski definition) is 1. The summed E-state index contributed by atoms with van der Waals surface area (Å²) in [7, 11) is 0. The molecule has 2 rings (SSSR count). The van der Waals surface area contributed by atoms with E-state index in [9.17, 15) is 5.11 Å². The highest BCUT2D eigenvalue weighted by Gasteiger charge is 2.19. The SMILES string of the molecule is OC(c1ccccc1-c1ccccc1)C(Cl)Cl. The molecule has 17 heavy (non-hydrogen) atoms. The highest BCUT2D eigenvalue weighted by molar-refractivity contribution is 6.44. The van der Waals surface area contributed by atoms with Crippen LogP contribution < -0.4 is 0 Å². The van der Waals surface area contributed by atoms with Crippen LogP contribution in [0.25, 0.3) is 11.1 Å². The van der Waals surface area contributed by atoms with Crippen LogP contribution in [0.5, 0.6) is 0 Å². The molecule has 1 nitrogen and oxygen atoms in total. The van der Waals surface area contributed by atoms with Gasteiger partial charge in [-0.25, -0.2) is 0 Å². The van der Waals surface area contributed by atoms with E-state index >= 15 is 0 Å². The Bertz CT molecular complexity index is 483. The highest BCUT2D eigenvalue weighted by atomic mass is 35.5. The largest absolute Gasteiger partial charge is 0.386 e. The van der Waals surface area contributed by atoms with E-state index in [1.54, 1.807) is 0 Å². The second-order valence-electron chi connectivity index (χ2n) is 3.73. The fraction of sp³-hybridized carbons (Fsp3) is 0.143. The maximum absolute atomic E-state index is 9.98. The van der Waals surface area contributed by atoms with Crippen LogP contribution in [-0.4, -0.2) is 9.94 Å². The summed E-state index contributed by atoms with van der Waals surface area (Å²) in [5.41, 5.74) is 2.73. The zero-order chi connectivity index (χ0) is 12.3. The van der Waals surface area contributed by atoms with Gasteiger partial charge in [0.2, 0.25) is 0 Å². The second-order valence-corrected chi connectivity index (χ2v) is 4.90. The smallest absolute Gasteiger partial charge is 0.137 e. The minimum atomic E-state index is -0.880. The van der Waals surface area contributed by atoms with E-state index in [4.69, 9.17) is 23.2 Å². The van der Waals surface area contributed by atoms with Crippen molar-refractivity contribution in [2.24, 2.45) is 0 Å². The maximum Gasteiger partial charge on any atom is 0.137 e. The third-order valence-corrected chi connectivity index (χ3v) is 3.08. The summed E-state index contributed by atoms with van der Waals surface area (Å²) < 4.78 is 0. The number of alkyl halides is 2. The van der Waals surface area contributed by atoms with E-state index in [1.165, 1.54) is 0 Å². The average Bonchev–Trinajstić information content (AvgIpc) is 2.39. The minimum absolute atomic E-state index is 0.744.